The summed E-state index contributed by atoms with van der Waals surface area (Å²) in [4.78, 5) is 0. The SMILES string of the molecule is C[SiH2]CCC[SiH2]N(C(C)C)C(C)C. The van der Waals surface area contributed by atoms with Gasteiger partial charge in [0.1, 0.15) is 0 Å². The van der Waals surface area contributed by atoms with E-state index in [1.807, 2.05) is 0 Å². The van der Waals surface area contributed by atoms with E-state index in [0.717, 1.165) is 12.1 Å². The van der Waals surface area contributed by atoms with Gasteiger partial charge >= 0.3 is 0 Å². The molecule has 0 aromatic carbocycles. The zero-order valence-electron chi connectivity index (χ0n) is 10.1. The summed E-state index contributed by atoms with van der Waals surface area (Å²) in [7, 11) is 0.400. The predicted molar refractivity (Wildman–Crippen MR) is 69.3 cm³/mol. The Morgan fingerprint density at radius 2 is 1.54 bits per heavy atom. The van der Waals surface area contributed by atoms with Crippen molar-refractivity contribution in [1.82, 2.24) is 4.57 Å². The molecule has 0 aliphatic rings. The van der Waals surface area contributed by atoms with E-state index in [2.05, 4.69) is 38.8 Å². The van der Waals surface area contributed by atoms with Crippen LogP contribution in [-0.4, -0.2) is 35.8 Å². The van der Waals surface area contributed by atoms with E-state index in [-0.39, 0.29) is 9.68 Å². The van der Waals surface area contributed by atoms with E-state index in [1.54, 1.807) is 6.04 Å². The Bertz CT molecular complexity index is 107. The molecule has 0 rings (SSSR count). The molecule has 3 heteroatoms. The Morgan fingerprint density at radius 1 is 1.00 bits per heavy atom. The minimum absolute atomic E-state index is 0.0656. The molecule has 0 heterocycles. The lowest BCUT2D eigenvalue weighted by molar-refractivity contribution is 0.311. The fourth-order valence-electron chi connectivity index (χ4n) is 1.83. The summed E-state index contributed by atoms with van der Waals surface area (Å²) in [6, 6.07) is 4.64. The van der Waals surface area contributed by atoms with Crippen molar-refractivity contribution in [2.45, 2.75) is 64.8 Å². The molecule has 13 heavy (non-hydrogen) atoms. The zero-order chi connectivity index (χ0) is 10.3. The lowest BCUT2D eigenvalue weighted by Crippen LogP contribution is -2.39. The molecule has 0 aromatic rings. The van der Waals surface area contributed by atoms with Gasteiger partial charge in [0, 0.05) is 9.52 Å². The Kier molecular flexibility index (Phi) is 8.00. The Morgan fingerprint density at radius 3 is 1.92 bits per heavy atom. The van der Waals surface area contributed by atoms with Gasteiger partial charge in [0.25, 0.3) is 0 Å². The zero-order valence-corrected chi connectivity index (χ0v) is 13.0. The highest BCUT2D eigenvalue weighted by Crippen LogP contribution is 2.06. The lowest BCUT2D eigenvalue weighted by Gasteiger charge is -2.30. The summed E-state index contributed by atoms with van der Waals surface area (Å²) >= 11 is 0. The molecular formula is C10H27NSi2. The highest BCUT2D eigenvalue weighted by molar-refractivity contribution is 6.34. The smallest absolute Gasteiger partial charge is 0.0956 e. The summed E-state index contributed by atoms with van der Waals surface area (Å²) in [6.07, 6.45) is 1.52. The molecule has 0 N–H and O–H groups in total. The van der Waals surface area contributed by atoms with Gasteiger partial charge in [-0.25, -0.2) is 0 Å². The summed E-state index contributed by atoms with van der Waals surface area (Å²) in [5.74, 6) is 0. The maximum Gasteiger partial charge on any atom is 0.0956 e. The van der Waals surface area contributed by atoms with Crippen molar-refractivity contribution in [3.8, 4) is 0 Å². The largest absolute Gasteiger partial charge is 0.325 e. The topological polar surface area (TPSA) is 3.24 Å². The second-order valence-corrected chi connectivity index (χ2v) is 8.08. The molecule has 0 atom stereocenters. The van der Waals surface area contributed by atoms with Crippen LogP contribution in [0.1, 0.15) is 34.1 Å². The van der Waals surface area contributed by atoms with Gasteiger partial charge in [-0.2, -0.15) is 0 Å². The van der Waals surface area contributed by atoms with Crippen LogP contribution in [0.3, 0.4) is 0 Å². The molecular weight excluding hydrogens is 190 g/mol. The van der Waals surface area contributed by atoms with Crippen LogP contribution in [0.15, 0.2) is 0 Å². The van der Waals surface area contributed by atoms with Crippen LogP contribution in [0.2, 0.25) is 18.6 Å². The van der Waals surface area contributed by atoms with E-state index in [1.165, 1.54) is 12.5 Å². The van der Waals surface area contributed by atoms with E-state index in [4.69, 9.17) is 0 Å². The Labute approximate surface area is 89.0 Å². The van der Waals surface area contributed by atoms with Crippen LogP contribution in [0, 0.1) is 0 Å². The van der Waals surface area contributed by atoms with E-state index in [0.29, 0.717) is 9.52 Å². The number of rotatable bonds is 7. The van der Waals surface area contributed by atoms with Crippen LogP contribution >= 0.6 is 0 Å². The molecule has 0 aliphatic heterocycles. The molecule has 0 spiro atoms. The maximum atomic E-state index is 2.73. The van der Waals surface area contributed by atoms with Crippen molar-refractivity contribution in [2.75, 3.05) is 0 Å². The van der Waals surface area contributed by atoms with E-state index < -0.39 is 0 Å². The lowest BCUT2D eigenvalue weighted by atomic mass is 10.3. The van der Waals surface area contributed by atoms with Crippen molar-refractivity contribution in [3.05, 3.63) is 0 Å². The van der Waals surface area contributed by atoms with Crippen LogP contribution in [0.5, 0.6) is 0 Å². The van der Waals surface area contributed by atoms with Gasteiger partial charge in [-0.3, -0.25) is 0 Å². The maximum absolute atomic E-state index is 2.73. The molecule has 0 amide bonds. The third kappa shape index (κ3) is 6.46. The van der Waals surface area contributed by atoms with Gasteiger partial charge in [0.2, 0.25) is 0 Å². The molecule has 1 nitrogen and oxygen atoms in total. The van der Waals surface area contributed by atoms with Crippen molar-refractivity contribution in [3.63, 3.8) is 0 Å². The summed E-state index contributed by atoms with van der Waals surface area (Å²) in [6.45, 7) is 11.8. The average Bonchev–Trinajstić information content (AvgIpc) is 2.02. The molecule has 0 radical (unpaired) electrons. The molecule has 0 fully saturated rings. The van der Waals surface area contributed by atoms with Crippen molar-refractivity contribution in [2.24, 2.45) is 0 Å². The van der Waals surface area contributed by atoms with E-state index >= 15 is 0 Å². The van der Waals surface area contributed by atoms with Gasteiger partial charge in [-0.15, -0.1) is 0 Å². The Balaban J connectivity index is 3.58. The number of nitrogens with zero attached hydrogens (tertiary/aromatic N) is 1. The predicted octanol–water partition coefficient (Wildman–Crippen LogP) is 1.63. The highest BCUT2D eigenvalue weighted by Gasteiger charge is 2.11. The van der Waals surface area contributed by atoms with Gasteiger partial charge in [-0.1, -0.05) is 52.8 Å². The molecule has 0 aliphatic carbocycles. The average molecular weight is 218 g/mol. The van der Waals surface area contributed by atoms with Crippen molar-refractivity contribution >= 4 is 19.2 Å². The number of hydrogen-bond acceptors (Lipinski definition) is 1. The molecule has 0 saturated carbocycles. The van der Waals surface area contributed by atoms with E-state index in [9.17, 15) is 0 Å². The number of hydrogen-bond donors (Lipinski definition) is 0. The van der Waals surface area contributed by atoms with Crippen LogP contribution in [0.25, 0.3) is 0 Å². The minimum Gasteiger partial charge on any atom is -0.325 e. The van der Waals surface area contributed by atoms with Crippen LogP contribution < -0.4 is 0 Å². The van der Waals surface area contributed by atoms with Gasteiger partial charge in [0.15, 0.2) is 0 Å². The molecule has 80 valence electrons. The first kappa shape index (κ1) is 13.4. The first-order valence-electron chi connectivity index (χ1n) is 5.85. The van der Waals surface area contributed by atoms with Crippen molar-refractivity contribution in [1.29, 1.82) is 0 Å². The minimum atomic E-state index is 0.0656. The third-order valence-electron chi connectivity index (χ3n) is 2.60. The standard InChI is InChI=1S/C10H27NSi2/c1-9(2)11(10(3)4)13-8-6-7-12-5/h9-10H,6-8,12-13H2,1-5H3. The van der Waals surface area contributed by atoms with Gasteiger partial charge in [-0.05, 0) is 12.1 Å². The van der Waals surface area contributed by atoms with Gasteiger partial charge < -0.3 is 4.57 Å². The fourth-order valence-corrected chi connectivity index (χ4v) is 5.37. The first-order valence-corrected chi connectivity index (χ1v) is 9.90. The monoisotopic (exact) mass is 217 g/mol. The third-order valence-corrected chi connectivity index (χ3v) is 6.60. The van der Waals surface area contributed by atoms with Crippen LogP contribution in [0.4, 0.5) is 0 Å². The molecule has 0 aromatic heterocycles. The fraction of sp³-hybridized carbons (Fsp3) is 1.00. The highest BCUT2D eigenvalue weighted by atomic mass is 28.2. The normalized spacial score (nSPS) is 13.8. The van der Waals surface area contributed by atoms with Gasteiger partial charge in [0.05, 0.1) is 9.68 Å². The molecule has 0 bridgehead atoms. The molecule has 0 unspecified atom stereocenters. The second-order valence-electron chi connectivity index (χ2n) is 4.49. The summed E-state index contributed by atoms with van der Waals surface area (Å²) in [5.41, 5.74) is 0. The Hall–Kier alpha value is 0.394. The second kappa shape index (κ2) is 7.77. The van der Waals surface area contributed by atoms with Crippen LogP contribution in [-0.2, 0) is 0 Å². The molecule has 0 saturated heterocycles. The van der Waals surface area contributed by atoms with Crippen molar-refractivity contribution < 1.29 is 0 Å². The summed E-state index contributed by atoms with van der Waals surface area (Å²) in [5, 5.41) is 0. The summed E-state index contributed by atoms with van der Waals surface area (Å²) < 4.78 is 2.73. The quantitative estimate of drug-likeness (QED) is 0.463. The first-order chi connectivity index (χ1) is 6.09.